The second-order valence-corrected chi connectivity index (χ2v) is 8.86. The first-order valence-electron chi connectivity index (χ1n) is 9.28. The van der Waals surface area contributed by atoms with Crippen molar-refractivity contribution >= 4 is 6.03 Å². The molecule has 0 aromatic heterocycles. The molecule has 5 N–H and O–H groups in total. The van der Waals surface area contributed by atoms with Crippen LogP contribution >= 0.6 is 0 Å². The van der Waals surface area contributed by atoms with Gasteiger partial charge in [0.2, 0.25) is 0 Å². The molecule has 0 heterocycles. The van der Waals surface area contributed by atoms with E-state index in [9.17, 15) is 9.90 Å². The van der Waals surface area contributed by atoms with Crippen LogP contribution in [0.15, 0.2) is 0 Å². The van der Waals surface area contributed by atoms with E-state index in [-0.39, 0.29) is 17.6 Å². The number of carbonyl (C=O) groups is 1. The fourth-order valence-electron chi connectivity index (χ4n) is 5.57. The van der Waals surface area contributed by atoms with Crippen LogP contribution in [0.4, 0.5) is 4.79 Å². The van der Waals surface area contributed by atoms with Crippen molar-refractivity contribution in [2.45, 2.75) is 76.5 Å². The van der Waals surface area contributed by atoms with Gasteiger partial charge in [-0.3, -0.25) is 0 Å². The van der Waals surface area contributed by atoms with Gasteiger partial charge in [-0.2, -0.15) is 0 Å². The number of amides is 2. The van der Waals surface area contributed by atoms with Gasteiger partial charge in [0, 0.05) is 12.1 Å². The molecule has 4 saturated carbocycles. The zero-order chi connectivity index (χ0) is 16.8. The van der Waals surface area contributed by atoms with Gasteiger partial charge in [-0.05, 0) is 76.0 Å². The van der Waals surface area contributed by atoms with E-state index in [2.05, 4.69) is 10.6 Å². The molecule has 5 nitrogen and oxygen atoms in total. The van der Waals surface area contributed by atoms with Gasteiger partial charge in [0.05, 0.1) is 11.6 Å². The Labute approximate surface area is 139 Å². The van der Waals surface area contributed by atoms with E-state index in [0.29, 0.717) is 24.8 Å². The van der Waals surface area contributed by atoms with Crippen molar-refractivity contribution < 1.29 is 9.90 Å². The largest absolute Gasteiger partial charge is 0.388 e. The predicted octanol–water partition coefficient (Wildman–Crippen LogP) is 1.99. The lowest BCUT2D eigenvalue weighted by Gasteiger charge is -2.59. The molecule has 4 bridgehead atoms. The Bertz CT molecular complexity index is 430. The number of nitrogens with two attached hydrogens (primary N) is 1. The summed E-state index contributed by atoms with van der Waals surface area (Å²) in [6, 6.07) is -0.465. The third-order valence-electron chi connectivity index (χ3n) is 6.78. The lowest BCUT2D eigenvalue weighted by atomic mass is 9.49. The van der Waals surface area contributed by atoms with Crippen LogP contribution in [0.5, 0.6) is 0 Å². The smallest absolute Gasteiger partial charge is 0.315 e. The molecular weight excluding hydrogens is 290 g/mol. The molecule has 0 aromatic rings. The monoisotopic (exact) mass is 323 g/mol. The second kappa shape index (κ2) is 5.92. The van der Waals surface area contributed by atoms with Crippen molar-refractivity contribution in [3.63, 3.8) is 0 Å². The zero-order valence-electron chi connectivity index (χ0n) is 14.8. The number of carbonyl (C=O) groups excluding carboxylic acids is 1. The van der Waals surface area contributed by atoms with Crippen molar-refractivity contribution in [3.05, 3.63) is 0 Å². The fraction of sp³-hybridized carbons (Fsp3) is 0.944. The molecule has 132 valence electrons. The molecule has 4 rings (SSSR count). The molecule has 23 heavy (non-hydrogen) atoms. The first kappa shape index (κ1) is 17.0. The summed E-state index contributed by atoms with van der Waals surface area (Å²) in [5, 5.41) is 16.0. The maximum absolute atomic E-state index is 12.2. The third kappa shape index (κ3) is 3.22. The van der Waals surface area contributed by atoms with E-state index in [1.807, 2.05) is 6.92 Å². The number of hydrogen-bond donors (Lipinski definition) is 4. The van der Waals surface area contributed by atoms with Crippen LogP contribution < -0.4 is 16.4 Å². The summed E-state index contributed by atoms with van der Waals surface area (Å²) in [5.41, 5.74) is 5.64. The average molecular weight is 323 g/mol. The molecule has 5 heteroatoms. The standard InChI is InChI=1S/C18H33N3O2/c1-4-15(17(2,3)23)21-16(22)20-10-18(19)13-6-11-5-12(8-13)9-14(18)7-11/h11-15,23H,4-10,19H2,1-3H3,(H2,20,21,22). The van der Waals surface area contributed by atoms with Crippen LogP contribution in [-0.2, 0) is 0 Å². The van der Waals surface area contributed by atoms with Gasteiger partial charge in [0.1, 0.15) is 0 Å². The number of nitrogens with one attached hydrogen (secondary N) is 2. The Balaban J connectivity index is 1.56. The van der Waals surface area contributed by atoms with E-state index < -0.39 is 5.60 Å². The van der Waals surface area contributed by atoms with E-state index in [0.717, 1.165) is 11.8 Å². The van der Waals surface area contributed by atoms with Gasteiger partial charge in [-0.25, -0.2) is 4.79 Å². The summed E-state index contributed by atoms with van der Waals surface area (Å²) < 4.78 is 0. The van der Waals surface area contributed by atoms with E-state index in [1.54, 1.807) is 13.8 Å². The van der Waals surface area contributed by atoms with Crippen molar-refractivity contribution in [2.75, 3.05) is 6.54 Å². The molecule has 0 spiro atoms. The van der Waals surface area contributed by atoms with Gasteiger partial charge < -0.3 is 21.5 Å². The quantitative estimate of drug-likeness (QED) is 0.624. The van der Waals surface area contributed by atoms with E-state index in [4.69, 9.17) is 5.73 Å². The molecular formula is C18H33N3O2. The number of urea groups is 1. The number of hydrogen-bond acceptors (Lipinski definition) is 3. The molecule has 0 aliphatic heterocycles. The maximum atomic E-state index is 12.2. The second-order valence-electron chi connectivity index (χ2n) is 8.86. The van der Waals surface area contributed by atoms with Crippen molar-refractivity contribution in [3.8, 4) is 0 Å². The minimum absolute atomic E-state index is 0.211. The van der Waals surface area contributed by atoms with Gasteiger partial charge in [0.25, 0.3) is 0 Å². The Morgan fingerprint density at radius 3 is 2.17 bits per heavy atom. The minimum atomic E-state index is -0.922. The van der Waals surface area contributed by atoms with Gasteiger partial charge in [0.15, 0.2) is 0 Å². The van der Waals surface area contributed by atoms with E-state index >= 15 is 0 Å². The summed E-state index contributed by atoms with van der Waals surface area (Å²) in [7, 11) is 0. The van der Waals surface area contributed by atoms with Crippen LogP contribution in [0, 0.1) is 23.7 Å². The minimum Gasteiger partial charge on any atom is -0.388 e. The Morgan fingerprint density at radius 1 is 1.22 bits per heavy atom. The third-order valence-corrected chi connectivity index (χ3v) is 6.78. The summed E-state index contributed by atoms with van der Waals surface area (Å²) in [4.78, 5) is 12.2. The van der Waals surface area contributed by atoms with Crippen LogP contribution in [0.1, 0.15) is 59.3 Å². The Hall–Kier alpha value is -0.810. The SMILES string of the molecule is CCC(NC(=O)NCC1(N)C2CC3CC(C2)CC1C3)C(C)(C)O. The summed E-state index contributed by atoms with van der Waals surface area (Å²) in [6.07, 6.45) is 7.07. The van der Waals surface area contributed by atoms with Crippen LogP contribution in [0.25, 0.3) is 0 Å². The van der Waals surface area contributed by atoms with Crippen molar-refractivity contribution in [1.82, 2.24) is 10.6 Å². The summed E-state index contributed by atoms with van der Waals surface area (Å²) in [5.74, 6) is 2.89. The van der Waals surface area contributed by atoms with Crippen LogP contribution in [0.3, 0.4) is 0 Å². The zero-order valence-corrected chi connectivity index (χ0v) is 14.8. The lowest BCUT2D eigenvalue weighted by Crippen LogP contribution is -2.68. The predicted molar refractivity (Wildman–Crippen MR) is 90.9 cm³/mol. The van der Waals surface area contributed by atoms with Crippen molar-refractivity contribution in [1.29, 1.82) is 0 Å². The first-order chi connectivity index (χ1) is 10.7. The number of aliphatic hydroxyl groups is 1. The van der Waals surface area contributed by atoms with Gasteiger partial charge >= 0.3 is 6.03 Å². The Kier molecular flexibility index (Phi) is 4.38. The summed E-state index contributed by atoms with van der Waals surface area (Å²) in [6.45, 7) is 5.97. The molecule has 2 amide bonds. The normalized spacial score (nSPS) is 40.0. The fourth-order valence-corrected chi connectivity index (χ4v) is 5.57. The highest BCUT2D eigenvalue weighted by Gasteiger charge is 2.55. The molecule has 1 unspecified atom stereocenters. The van der Waals surface area contributed by atoms with Crippen LogP contribution in [0.2, 0.25) is 0 Å². The average Bonchev–Trinajstić information content (AvgIpc) is 2.46. The number of rotatable bonds is 5. The highest BCUT2D eigenvalue weighted by Crippen LogP contribution is 2.57. The van der Waals surface area contributed by atoms with Crippen LogP contribution in [-0.4, -0.2) is 34.9 Å². The molecule has 4 aliphatic rings. The molecule has 1 atom stereocenters. The lowest BCUT2D eigenvalue weighted by molar-refractivity contribution is -0.0531. The molecule has 0 saturated heterocycles. The molecule has 4 fully saturated rings. The topological polar surface area (TPSA) is 87.4 Å². The highest BCUT2D eigenvalue weighted by atomic mass is 16.3. The van der Waals surface area contributed by atoms with Crippen molar-refractivity contribution in [2.24, 2.45) is 29.4 Å². The molecule has 4 aliphatic carbocycles. The molecule has 0 radical (unpaired) electrons. The molecule has 0 aromatic carbocycles. The highest BCUT2D eigenvalue weighted by molar-refractivity contribution is 5.74. The maximum Gasteiger partial charge on any atom is 0.315 e. The first-order valence-corrected chi connectivity index (χ1v) is 9.28. The summed E-state index contributed by atoms with van der Waals surface area (Å²) >= 11 is 0. The van der Waals surface area contributed by atoms with Gasteiger partial charge in [-0.15, -0.1) is 0 Å². The van der Waals surface area contributed by atoms with E-state index in [1.165, 1.54) is 32.1 Å². The van der Waals surface area contributed by atoms with Gasteiger partial charge in [-0.1, -0.05) is 6.92 Å². The Morgan fingerprint density at radius 2 is 1.74 bits per heavy atom.